The van der Waals surface area contributed by atoms with Gasteiger partial charge in [0.25, 0.3) is 0 Å². The maximum Gasteiger partial charge on any atom is 0.408 e. The number of carbonyl (C=O) groups excluding carboxylic acids is 2. The van der Waals surface area contributed by atoms with E-state index in [0.29, 0.717) is 13.2 Å². The first-order valence-corrected chi connectivity index (χ1v) is 12.2. The van der Waals surface area contributed by atoms with Crippen LogP contribution in [0.5, 0.6) is 0 Å². The van der Waals surface area contributed by atoms with Gasteiger partial charge >= 0.3 is 12.1 Å². The Labute approximate surface area is 213 Å². The zero-order chi connectivity index (χ0) is 26.1. The second kappa shape index (κ2) is 12.9. The van der Waals surface area contributed by atoms with Gasteiger partial charge in [0.15, 0.2) is 6.04 Å². The lowest BCUT2D eigenvalue weighted by Crippen LogP contribution is -2.48. The molecule has 1 aliphatic rings. The average molecular weight is 500 g/mol. The summed E-state index contributed by atoms with van der Waals surface area (Å²) in [6.07, 6.45) is -3.02. The van der Waals surface area contributed by atoms with Crippen molar-refractivity contribution in [2.45, 2.75) is 83.9 Å². The SMILES string of the molecule is C[C@@H]1OC[C@H](NC(=O)OC(C)(C)C)C(=O)O[C@@H](C)[C@@H](OCc2ccccc2)[C@@H]1OCc1ccccc1. The van der Waals surface area contributed by atoms with Gasteiger partial charge in [0.1, 0.15) is 23.9 Å². The van der Waals surface area contributed by atoms with Crippen molar-refractivity contribution in [1.82, 2.24) is 5.32 Å². The van der Waals surface area contributed by atoms with E-state index in [1.54, 1.807) is 27.7 Å². The van der Waals surface area contributed by atoms with Gasteiger partial charge in [0, 0.05) is 0 Å². The van der Waals surface area contributed by atoms with Crippen LogP contribution in [0.2, 0.25) is 0 Å². The van der Waals surface area contributed by atoms with Crippen molar-refractivity contribution in [3.8, 4) is 0 Å². The van der Waals surface area contributed by atoms with Crippen molar-refractivity contribution >= 4 is 12.1 Å². The van der Waals surface area contributed by atoms with E-state index in [1.165, 1.54) is 0 Å². The fraction of sp³-hybridized carbons (Fsp3) is 0.500. The van der Waals surface area contributed by atoms with E-state index in [1.807, 2.05) is 67.6 Å². The van der Waals surface area contributed by atoms with Gasteiger partial charge in [-0.25, -0.2) is 9.59 Å². The normalized spacial score (nSPS) is 25.1. The molecule has 0 aliphatic carbocycles. The van der Waals surface area contributed by atoms with Crippen LogP contribution in [0.25, 0.3) is 0 Å². The highest BCUT2D eigenvalue weighted by molar-refractivity contribution is 5.81. The molecule has 0 unspecified atom stereocenters. The lowest BCUT2D eigenvalue weighted by molar-refractivity contribution is -0.178. The van der Waals surface area contributed by atoms with Crippen LogP contribution in [0.15, 0.2) is 60.7 Å². The molecule has 1 heterocycles. The molecule has 0 aromatic heterocycles. The molecule has 8 heteroatoms. The molecule has 5 atom stereocenters. The third kappa shape index (κ3) is 8.62. The van der Waals surface area contributed by atoms with Crippen molar-refractivity contribution in [3.05, 3.63) is 71.8 Å². The Kier molecular flexibility index (Phi) is 9.87. The van der Waals surface area contributed by atoms with E-state index < -0.39 is 48.1 Å². The number of hydrogen-bond donors (Lipinski definition) is 1. The Morgan fingerprint density at radius 2 is 1.39 bits per heavy atom. The van der Waals surface area contributed by atoms with Gasteiger partial charge in [-0.2, -0.15) is 0 Å². The first kappa shape index (κ1) is 27.6. The van der Waals surface area contributed by atoms with Crippen LogP contribution in [-0.4, -0.2) is 54.7 Å². The first-order chi connectivity index (χ1) is 17.1. The van der Waals surface area contributed by atoms with Crippen LogP contribution >= 0.6 is 0 Å². The number of cyclic esters (lactones) is 1. The fourth-order valence-electron chi connectivity index (χ4n) is 3.82. The van der Waals surface area contributed by atoms with Gasteiger partial charge in [-0.1, -0.05) is 60.7 Å². The molecule has 2 aromatic rings. The maximum atomic E-state index is 13.0. The molecule has 1 fully saturated rings. The summed E-state index contributed by atoms with van der Waals surface area (Å²) in [6, 6.07) is 18.5. The summed E-state index contributed by atoms with van der Waals surface area (Å²) >= 11 is 0. The predicted molar refractivity (Wildman–Crippen MR) is 134 cm³/mol. The summed E-state index contributed by atoms with van der Waals surface area (Å²) in [6.45, 7) is 9.42. The van der Waals surface area contributed by atoms with Gasteiger partial charge in [-0.3, -0.25) is 0 Å². The molecule has 1 N–H and O–H groups in total. The minimum absolute atomic E-state index is 0.0947. The number of nitrogens with one attached hydrogen (secondary N) is 1. The number of alkyl carbamates (subject to hydrolysis) is 1. The summed E-state index contributed by atoms with van der Waals surface area (Å²) < 4.78 is 29.7. The number of esters is 1. The Balaban J connectivity index is 1.78. The molecule has 36 heavy (non-hydrogen) atoms. The monoisotopic (exact) mass is 499 g/mol. The molecular weight excluding hydrogens is 462 g/mol. The van der Waals surface area contributed by atoms with Crippen LogP contribution in [0.4, 0.5) is 4.79 Å². The standard InChI is InChI=1S/C28H37NO7/c1-19-24(33-16-21-12-8-6-9-13-21)25(34-17-22-14-10-7-11-15-22)20(2)35-26(30)23(18-32-19)29-27(31)36-28(3,4)5/h6-15,19-20,23-25H,16-18H2,1-5H3,(H,29,31)/t19-,20-,23-,24+,25+/m0/s1. The van der Waals surface area contributed by atoms with E-state index in [2.05, 4.69) is 5.32 Å². The minimum Gasteiger partial charge on any atom is -0.458 e. The number of rotatable bonds is 7. The van der Waals surface area contributed by atoms with Gasteiger partial charge in [-0.05, 0) is 45.7 Å². The highest BCUT2D eigenvalue weighted by Gasteiger charge is 2.39. The summed E-state index contributed by atoms with van der Waals surface area (Å²) in [7, 11) is 0. The maximum absolute atomic E-state index is 13.0. The van der Waals surface area contributed by atoms with Crippen molar-refractivity contribution in [1.29, 1.82) is 0 Å². The highest BCUT2D eigenvalue weighted by Crippen LogP contribution is 2.23. The van der Waals surface area contributed by atoms with Crippen LogP contribution in [0.3, 0.4) is 0 Å². The Bertz CT molecular complexity index is 961. The Morgan fingerprint density at radius 1 is 0.889 bits per heavy atom. The van der Waals surface area contributed by atoms with Crippen molar-refractivity contribution in [2.24, 2.45) is 0 Å². The average Bonchev–Trinajstić information content (AvgIpc) is 2.86. The zero-order valence-corrected chi connectivity index (χ0v) is 21.6. The number of ether oxygens (including phenoxy) is 5. The van der Waals surface area contributed by atoms with E-state index in [0.717, 1.165) is 11.1 Å². The van der Waals surface area contributed by atoms with Gasteiger partial charge in [-0.15, -0.1) is 0 Å². The quantitative estimate of drug-likeness (QED) is 0.565. The summed E-state index contributed by atoms with van der Waals surface area (Å²) in [5.74, 6) is -0.627. The Hall–Kier alpha value is -2.94. The fourth-order valence-corrected chi connectivity index (χ4v) is 3.82. The molecule has 1 amide bonds. The molecule has 0 saturated carbocycles. The molecule has 2 aromatic carbocycles. The topological polar surface area (TPSA) is 92.3 Å². The molecule has 0 radical (unpaired) electrons. The molecular formula is C28H37NO7. The summed E-state index contributed by atoms with van der Waals surface area (Å²) in [4.78, 5) is 25.3. The van der Waals surface area contributed by atoms with E-state index in [9.17, 15) is 9.59 Å². The largest absolute Gasteiger partial charge is 0.458 e. The van der Waals surface area contributed by atoms with Crippen LogP contribution in [0, 0.1) is 0 Å². The smallest absolute Gasteiger partial charge is 0.408 e. The summed E-state index contributed by atoms with van der Waals surface area (Å²) in [5, 5.41) is 2.56. The van der Waals surface area contributed by atoms with Crippen LogP contribution < -0.4 is 5.32 Å². The van der Waals surface area contributed by atoms with Gasteiger partial charge in [0.2, 0.25) is 0 Å². The van der Waals surface area contributed by atoms with Crippen molar-refractivity contribution in [2.75, 3.05) is 6.61 Å². The first-order valence-electron chi connectivity index (χ1n) is 12.2. The third-order valence-corrected chi connectivity index (χ3v) is 5.62. The molecule has 196 valence electrons. The number of amides is 1. The molecule has 3 rings (SSSR count). The number of benzene rings is 2. The van der Waals surface area contributed by atoms with Crippen LogP contribution in [-0.2, 0) is 41.7 Å². The molecule has 0 spiro atoms. The number of hydrogen-bond acceptors (Lipinski definition) is 7. The highest BCUT2D eigenvalue weighted by atomic mass is 16.6. The predicted octanol–water partition coefficient (Wildman–Crippen LogP) is 4.40. The second-order valence-corrected chi connectivity index (χ2v) is 9.90. The van der Waals surface area contributed by atoms with E-state index >= 15 is 0 Å². The second-order valence-electron chi connectivity index (χ2n) is 9.90. The molecule has 1 aliphatic heterocycles. The van der Waals surface area contributed by atoms with Gasteiger partial charge in [0.05, 0.1) is 25.9 Å². The molecule has 0 bridgehead atoms. The molecule has 1 saturated heterocycles. The third-order valence-electron chi connectivity index (χ3n) is 5.62. The zero-order valence-electron chi connectivity index (χ0n) is 21.6. The minimum atomic E-state index is -1.03. The van der Waals surface area contributed by atoms with E-state index in [4.69, 9.17) is 23.7 Å². The van der Waals surface area contributed by atoms with Gasteiger partial charge < -0.3 is 29.0 Å². The van der Waals surface area contributed by atoms with E-state index in [-0.39, 0.29) is 6.61 Å². The van der Waals surface area contributed by atoms with Crippen LogP contribution in [0.1, 0.15) is 45.7 Å². The van der Waals surface area contributed by atoms with Crippen molar-refractivity contribution in [3.63, 3.8) is 0 Å². The molecule has 8 nitrogen and oxygen atoms in total. The summed E-state index contributed by atoms with van der Waals surface area (Å²) in [5.41, 5.74) is 1.27. The lowest BCUT2D eigenvalue weighted by Gasteiger charge is -2.33. The number of carbonyl (C=O) groups is 2. The Morgan fingerprint density at radius 3 is 1.89 bits per heavy atom. The lowest BCUT2D eigenvalue weighted by atomic mass is 10.0. The van der Waals surface area contributed by atoms with Crippen molar-refractivity contribution < 1.29 is 33.3 Å².